The Balaban J connectivity index is 2.27. The minimum Gasteiger partial charge on any atom is -0.282 e. The van der Waals surface area contributed by atoms with Gasteiger partial charge >= 0.3 is 0 Å². The molecule has 0 saturated heterocycles. The summed E-state index contributed by atoms with van der Waals surface area (Å²) in [5, 5.41) is 4.77. The van der Waals surface area contributed by atoms with Crippen molar-refractivity contribution in [2.75, 3.05) is 0 Å². The van der Waals surface area contributed by atoms with Crippen molar-refractivity contribution < 1.29 is 0 Å². The van der Waals surface area contributed by atoms with Gasteiger partial charge in [0.2, 0.25) is 0 Å². The second-order valence-electron chi connectivity index (χ2n) is 7.92. The number of hydrogen-bond donors (Lipinski definition) is 1. The lowest BCUT2D eigenvalue weighted by molar-refractivity contribution is 0.298. The molecule has 2 heteroatoms. The predicted octanol–water partition coefficient (Wildman–Crippen LogP) is 5.36. The summed E-state index contributed by atoms with van der Waals surface area (Å²) in [4.78, 5) is 0. The molecular formula is C19H34N2. The molecule has 0 aromatic carbocycles. The zero-order valence-electron chi connectivity index (χ0n) is 14.9. The van der Waals surface area contributed by atoms with Crippen LogP contribution in [-0.2, 0) is 0 Å². The van der Waals surface area contributed by atoms with Gasteiger partial charge in [0.25, 0.3) is 0 Å². The average Bonchev–Trinajstić information content (AvgIpc) is 2.37. The molecule has 0 aromatic heterocycles. The van der Waals surface area contributed by atoms with E-state index in [-0.39, 0.29) is 0 Å². The molecule has 0 radical (unpaired) electrons. The summed E-state index contributed by atoms with van der Waals surface area (Å²) in [5.41, 5.74) is 7.87. The molecule has 1 saturated carbocycles. The van der Waals surface area contributed by atoms with Gasteiger partial charge in [-0.1, -0.05) is 41.5 Å². The van der Waals surface area contributed by atoms with Crippen LogP contribution in [0.4, 0.5) is 0 Å². The van der Waals surface area contributed by atoms with E-state index in [4.69, 9.17) is 5.10 Å². The Kier molecular flexibility index (Phi) is 5.51. The highest BCUT2D eigenvalue weighted by atomic mass is 15.3. The van der Waals surface area contributed by atoms with Gasteiger partial charge in [0.05, 0.1) is 0 Å². The zero-order chi connectivity index (χ0) is 15.6. The van der Waals surface area contributed by atoms with Gasteiger partial charge in [-0.05, 0) is 61.3 Å². The molecule has 2 nitrogen and oxygen atoms in total. The predicted molar refractivity (Wildman–Crippen MR) is 92.2 cm³/mol. The van der Waals surface area contributed by atoms with E-state index in [1.54, 1.807) is 5.57 Å². The molecule has 0 spiro atoms. The van der Waals surface area contributed by atoms with Crippen LogP contribution in [0.2, 0.25) is 0 Å². The molecular weight excluding hydrogens is 256 g/mol. The van der Waals surface area contributed by atoms with Gasteiger partial charge in [0, 0.05) is 17.3 Å². The maximum absolute atomic E-state index is 4.77. The van der Waals surface area contributed by atoms with E-state index in [0.29, 0.717) is 17.8 Å². The Morgan fingerprint density at radius 3 is 2.24 bits per heavy atom. The van der Waals surface area contributed by atoms with E-state index in [1.807, 2.05) is 0 Å². The number of nitrogens with one attached hydrogen (secondary N) is 1. The van der Waals surface area contributed by atoms with E-state index < -0.39 is 0 Å². The molecule has 120 valence electrons. The van der Waals surface area contributed by atoms with Crippen molar-refractivity contribution in [2.45, 2.75) is 73.6 Å². The van der Waals surface area contributed by atoms with Gasteiger partial charge in [-0.25, -0.2) is 0 Å². The van der Waals surface area contributed by atoms with Gasteiger partial charge in [-0.3, -0.25) is 5.43 Å². The van der Waals surface area contributed by atoms with Crippen molar-refractivity contribution >= 4 is 5.71 Å². The lowest BCUT2D eigenvalue weighted by atomic mass is 9.73. The molecule has 21 heavy (non-hydrogen) atoms. The Morgan fingerprint density at radius 2 is 1.67 bits per heavy atom. The third-order valence-electron chi connectivity index (χ3n) is 5.39. The number of fused-ring (bicyclic) bond motifs is 1. The van der Waals surface area contributed by atoms with Crippen LogP contribution in [0.1, 0.15) is 73.6 Å². The van der Waals surface area contributed by atoms with E-state index in [2.05, 4.69) is 47.0 Å². The standard InChI is InChI=1S/C19H34N2/c1-12(2)15-8-7-9-16-17(11-10-15)19(14(5)6)21-20-18(16)13(3)4/h12-15,17,20H,7-11H2,1-6H3. The van der Waals surface area contributed by atoms with Crippen molar-refractivity contribution in [1.82, 2.24) is 5.43 Å². The summed E-state index contributed by atoms with van der Waals surface area (Å²) in [6, 6.07) is 0. The molecule has 1 heterocycles. The van der Waals surface area contributed by atoms with Crippen molar-refractivity contribution in [3.63, 3.8) is 0 Å². The van der Waals surface area contributed by atoms with Gasteiger partial charge in [-0.2, -0.15) is 5.10 Å². The van der Waals surface area contributed by atoms with Gasteiger partial charge in [0.1, 0.15) is 0 Å². The second-order valence-corrected chi connectivity index (χ2v) is 7.92. The van der Waals surface area contributed by atoms with Crippen molar-refractivity contribution in [2.24, 2.45) is 34.7 Å². The number of hydrogen-bond acceptors (Lipinski definition) is 2. The van der Waals surface area contributed by atoms with Gasteiger partial charge < -0.3 is 0 Å². The molecule has 0 aromatic rings. The minimum atomic E-state index is 0.545. The molecule has 0 bridgehead atoms. The molecule has 1 aliphatic carbocycles. The van der Waals surface area contributed by atoms with E-state index in [9.17, 15) is 0 Å². The van der Waals surface area contributed by atoms with Crippen molar-refractivity contribution in [3.8, 4) is 0 Å². The summed E-state index contributed by atoms with van der Waals surface area (Å²) < 4.78 is 0. The molecule has 1 fully saturated rings. The monoisotopic (exact) mass is 290 g/mol. The van der Waals surface area contributed by atoms with Crippen LogP contribution < -0.4 is 5.43 Å². The van der Waals surface area contributed by atoms with Gasteiger partial charge in [0.15, 0.2) is 0 Å². The number of hydrazone groups is 1. The first kappa shape index (κ1) is 16.6. The molecule has 2 unspecified atom stereocenters. The van der Waals surface area contributed by atoms with E-state index in [1.165, 1.54) is 43.5 Å². The van der Waals surface area contributed by atoms with Crippen LogP contribution >= 0.6 is 0 Å². The first-order valence-corrected chi connectivity index (χ1v) is 8.98. The third-order valence-corrected chi connectivity index (χ3v) is 5.39. The average molecular weight is 290 g/mol. The van der Waals surface area contributed by atoms with Crippen LogP contribution in [0.5, 0.6) is 0 Å². The molecule has 1 aliphatic heterocycles. The third kappa shape index (κ3) is 3.70. The summed E-state index contributed by atoms with van der Waals surface area (Å²) in [5.74, 6) is 3.42. The van der Waals surface area contributed by atoms with Crippen LogP contribution in [0.15, 0.2) is 16.4 Å². The first-order chi connectivity index (χ1) is 9.91. The Bertz CT molecular complexity index is 415. The number of rotatable bonds is 3. The fourth-order valence-corrected chi connectivity index (χ4v) is 4.05. The number of allylic oxidation sites excluding steroid dienone is 2. The highest BCUT2D eigenvalue weighted by Gasteiger charge is 2.32. The zero-order valence-corrected chi connectivity index (χ0v) is 14.9. The summed E-state index contributed by atoms with van der Waals surface area (Å²) in [7, 11) is 0. The summed E-state index contributed by atoms with van der Waals surface area (Å²) in [6.07, 6.45) is 6.67. The Hall–Kier alpha value is -0.790. The van der Waals surface area contributed by atoms with Crippen molar-refractivity contribution in [3.05, 3.63) is 11.3 Å². The number of nitrogens with zero attached hydrogens (tertiary/aromatic N) is 1. The molecule has 2 atom stereocenters. The summed E-state index contributed by atoms with van der Waals surface area (Å²) in [6.45, 7) is 13.9. The quantitative estimate of drug-likeness (QED) is 0.743. The largest absolute Gasteiger partial charge is 0.282 e. The smallest absolute Gasteiger partial charge is 0.0479 e. The molecule has 2 aliphatic rings. The van der Waals surface area contributed by atoms with Crippen LogP contribution in [0, 0.1) is 29.6 Å². The second kappa shape index (κ2) is 6.98. The lowest BCUT2D eigenvalue weighted by Crippen LogP contribution is -2.34. The topological polar surface area (TPSA) is 24.4 Å². The SMILES string of the molecule is CC(C)C1=NNC(C(C)C)=C2CCCC(C(C)C)CCC12. The molecule has 0 amide bonds. The highest BCUT2D eigenvalue weighted by Crippen LogP contribution is 2.39. The first-order valence-electron chi connectivity index (χ1n) is 8.98. The van der Waals surface area contributed by atoms with E-state index >= 15 is 0 Å². The molecule has 2 rings (SSSR count). The fourth-order valence-electron chi connectivity index (χ4n) is 4.05. The minimum absolute atomic E-state index is 0.545. The highest BCUT2D eigenvalue weighted by molar-refractivity contribution is 5.91. The lowest BCUT2D eigenvalue weighted by Gasteiger charge is -2.36. The van der Waals surface area contributed by atoms with Crippen molar-refractivity contribution in [1.29, 1.82) is 0 Å². The normalized spacial score (nSPS) is 27.4. The Labute approximate surface area is 131 Å². The van der Waals surface area contributed by atoms with E-state index in [0.717, 1.165) is 11.8 Å². The summed E-state index contributed by atoms with van der Waals surface area (Å²) >= 11 is 0. The van der Waals surface area contributed by atoms with Crippen LogP contribution in [0.25, 0.3) is 0 Å². The molecule has 1 N–H and O–H groups in total. The maximum Gasteiger partial charge on any atom is 0.0479 e. The Morgan fingerprint density at radius 1 is 0.952 bits per heavy atom. The maximum atomic E-state index is 4.77. The fraction of sp³-hybridized carbons (Fsp3) is 0.842. The van der Waals surface area contributed by atoms with Gasteiger partial charge in [-0.15, -0.1) is 0 Å². The van der Waals surface area contributed by atoms with Crippen LogP contribution in [0.3, 0.4) is 0 Å². The van der Waals surface area contributed by atoms with Crippen LogP contribution in [-0.4, -0.2) is 5.71 Å².